The molecule has 0 saturated heterocycles. The first-order valence-electron chi connectivity index (χ1n) is 8.71. The Labute approximate surface area is 170 Å². The zero-order valence-corrected chi connectivity index (χ0v) is 15.9. The van der Waals surface area contributed by atoms with Crippen LogP contribution in [-0.2, 0) is 4.79 Å². The van der Waals surface area contributed by atoms with Crippen molar-refractivity contribution in [3.63, 3.8) is 0 Å². The van der Waals surface area contributed by atoms with Gasteiger partial charge in [0.25, 0.3) is 5.91 Å². The van der Waals surface area contributed by atoms with Gasteiger partial charge in [0, 0.05) is 29.3 Å². The number of aromatic nitrogens is 2. The summed E-state index contributed by atoms with van der Waals surface area (Å²) >= 11 is 5.72. The number of carbonyl (C=O) groups is 1. The van der Waals surface area contributed by atoms with Crippen LogP contribution >= 0.6 is 11.6 Å². The van der Waals surface area contributed by atoms with Crippen molar-refractivity contribution in [2.45, 2.75) is 0 Å². The second-order valence-corrected chi connectivity index (χ2v) is 6.72. The van der Waals surface area contributed by atoms with E-state index in [0.717, 1.165) is 11.3 Å². The normalized spacial score (nSPS) is 10.8. The second-order valence-electron chi connectivity index (χ2n) is 6.32. The maximum Gasteiger partial charge on any atom is 0.262 e. The van der Waals surface area contributed by atoms with Crippen LogP contribution in [0.1, 0.15) is 0 Å². The fraction of sp³-hybridized carbons (Fsp3) is 0.0476. The summed E-state index contributed by atoms with van der Waals surface area (Å²) in [5, 5.41) is 2.54. The number of nitrogens with zero attached hydrogens (tertiary/aromatic N) is 2. The molecule has 29 heavy (non-hydrogen) atoms. The third-order valence-electron chi connectivity index (χ3n) is 4.22. The number of amides is 1. The van der Waals surface area contributed by atoms with Crippen molar-refractivity contribution < 1.29 is 13.9 Å². The molecule has 1 amide bonds. The summed E-state index contributed by atoms with van der Waals surface area (Å²) in [4.78, 5) is 16.8. The van der Waals surface area contributed by atoms with Gasteiger partial charge >= 0.3 is 0 Å². The monoisotopic (exact) mass is 410 g/mol. The highest BCUT2D eigenvalue weighted by Crippen LogP contribution is 2.25. The van der Waals surface area contributed by atoms with Gasteiger partial charge in [0.2, 0.25) is 0 Å². The smallest absolute Gasteiger partial charge is 0.262 e. The minimum atomic E-state index is -0.552. The van der Waals surface area contributed by atoms with Crippen LogP contribution in [0.5, 0.6) is 5.75 Å². The summed E-state index contributed by atoms with van der Waals surface area (Å²) in [7, 11) is 0. The number of imidazole rings is 1. The average molecular weight is 411 g/mol. The summed E-state index contributed by atoms with van der Waals surface area (Å²) in [6, 6.07) is 14.9. The molecule has 2 heterocycles. The summed E-state index contributed by atoms with van der Waals surface area (Å²) < 4.78 is 20.7. The number of halogens is 2. The predicted molar refractivity (Wildman–Crippen MR) is 111 cm³/mol. The lowest BCUT2D eigenvalue weighted by Gasteiger charge is -2.08. The summed E-state index contributed by atoms with van der Waals surface area (Å²) in [5.74, 6) is -0.495. The van der Waals surface area contributed by atoms with Gasteiger partial charge in [0.05, 0.1) is 10.7 Å². The molecule has 0 aliphatic heterocycles. The van der Waals surface area contributed by atoms with Crippen LogP contribution in [-0.4, -0.2) is 21.9 Å². The molecule has 0 aliphatic rings. The minimum Gasteiger partial charge on any atom is -0.480 e. The van der Waals surface area contributed by atoms with Crippen molar-refractivity contribution in [1.82, 2.24) is 9.38 Å². The summed E-state index contributed by atoms with van der Waals surface area (Å²) in [6.45, 7) is -0.237. The lowest BCUT2D eigenvalue weighted by molar-refractivity contribution is -0.118. The molecule has 6 nitrogen and oxygen atoms in total. The van der Waals surface area contributed by atoms with E-state index < -0.39 is 11.7 Å². The zero-order valence-electron chi connectivity index (χ0n) is 15.1. The molecule has 0 fully saturated rings. The maximum atomic E-state index is 13.2. The van der Waals surface area contributed by atoms with Crippen LogP contribution in [0, 0.1) is 5.82 Å². The van der Waals surface area contributed by atoms with E-state index in [2.05, 4.69) is 10.3 Å². The average Bonchev–Trinajstić information content (AvgIpc) is 3.14. The van der Waals surface area contributed by atoms with E-state index >= 15 is 0 Å². The van der Waals surface area contributed by atoms with E-state index in [4.69, 9.17) is 22.1 Å². The zero-order chi connectivity index (χ0) is 20.4. The number of benzene rings is 2. The van der Waals surface area contributed by atoms with Crippen molar-refractivity contribution in [2.24, 2.45) is 0 Å². The molecule has 0 aliphatic carbocycles. The molecule has 0 radical (unpaired) electrons. The van der Waals surface area contributed by atoms with E-state index in [1.165, 1.54) is 18.2 Å². The highest BCUT2D eigenvalue weighted by molar-refractivity contribution is 6.31. The molecule has 0 atom stereocenters. The number of anilines is 2. The topological polar surface area (TPSA) is 81.6 Å². The van der Waals surface area contributed by atoms with Gasteiger partial charge in [0.15, 0.2) is 18.0 Å². The largest absolute Gasteiger partial charge is 0.480 e. The van der Waals surface area contributed by atoms with Crippen molar-refractivity contribution in [3.8, 4) is 17.0 Å². The first kappa shape index (κ1) is 18.8. The number of nitrogen functional groups attached to an aromatic ring is 1. The number of hydrogen-bond acceptors (Lipinski definition) is 4. The Hall–Kier alpha value is -3.58. The molecule has 2 aromatic heterocycles. The Morgan fingerprint density at radius 2 is 2.00 bits per heavy atom. The first-order valence-corrected chi connectivity index (χ1v) is 9.09. The summed E-state index contributed by atoms with van der Waals surface area (Å²) in [5.41, 5.74) is 9.05. The Balaban J connectivity index is 1.49. The number of ether oxygens (including phenoxy) is 1. The molecule has 0 bridgehead atoms. The van der Waals surface area contributed by atoms with E-state index in [0.29, 0.717) is 22.8 Å². The van der Waals surface area contributed by atoms with Gasteiger partial charge in [-0.25, -0.2) is 9.37 Å². The van der Waals surface area contributed by atoms with E-state index in [1.807, 2.05) is 41.1 Å². The van der Waals surface area contributed by atoms with Crippen molar-refractivity contribution in [1.29, 1.82) is 0 Å². The Morgan fingerprint density at radius 1 is 1.21 bits per heavy atom. The third kappa shape index (κ3) is 4.14. The van der Waals surface area contributed by atoms with Crippen molar-refractivity contribution in [3.05, 3.63) is 77.8 Å². The predicted octanol–water partition coefficient (Wildman–Crippen LogP) is 4.39. The number of nitrogens with two attached hydrogens (primary N) is 1. The number of nitrogens with one attached hydrogen (secondary N) is 1. The molecule has 146 valence electrons. The van der Waals surface area contributed by atoms with E-state index in [9.17, 15) is 9.18 Å². The van der Waals surface area contributed by atoms with Crippen LogP contribution in [0.25, 0.3) is 16.9 Å². The Morgan fingerprint density at radius 3 is 2.76 bits per heavy atom. The molecule has 0 unspecified atom stereocenters. The van der Waals surface area contributed by atoms with Gasteiger partial charge in [0.1, 0.15) is 5.82 Å². The number of carbonyl (C=O) groups excluding carboxylic acids is 1. The van der Waals surface area contributed by atoms with Gasteiger partial charge < -0.3 is 20.2 Å². The molecule has 0 saturated carbocycles. The number of hydrogen-bond donors (Lipinski definition) is 2. The number of fused-ring (bicyclic) bond motifs is 1. The first-order chi connectivity index (χ1) is 14.0. The highest BCUT2D eigenvalue weighted by atomic mass is 35.5. The van der Waals surface area contributed by atoms with E-state index in [1.54, 1.807) is 12.1 Å². The third-order valence-corrected chi connectivity index (χ3v) is 4.51. The fourth-order valence-electron chi connectivity index (χ4n) is 2.81. The Kier molecular flexibility index (Phi) is 5.05. The molecule has 4 aromatic rings. The summed E-state index contributed by atoms with van der Waals surface area (Å²) in [6.07, 6.45) is 3.71. The van der Waals surface area contributed by atoms with Crippen LogP contribution in [0.4, 0.5) is 15.8 Å². The van der Waals surface area contributed by atoms with Crippen molar-refractivity contribution in [2.75, 3.05) is 17.7 Å². The number of pyridine rings is 1. The van der Waals surface area contributed by atoms with Crippen molar-refractivity contribution >= 4 is 34.5 Å². The molecule has 4 rings (SSSR count). The maximum absolute atomic E-state index is 13.2. The Bertz CT molecular complexity index is 1190. The lowest BCUT2D eigenvalue weighted by atomic mass is 10.1. The molecule has 8 heteroatoms. The SMILES string of the molecule is Nc1ccc(-c2cn3cccc(OCC(=O)Nc4ccc(F)c(Cl)c4)c3n2)cc1. The van der Waals surface area contributed by atoms with Crippen LogP contribution in [0.2, 0.25) is 5.02 Å². The van der Waals surface area contributed by atoms with Crippen LogP contribution in [0.3, 0.4) is 0 Å². The standard InChI is InChI=1S/C21H16ClFN4O2/c22-16-10-15(7-8-17(16)23)25-20(28)12-29-19-2-1-9-27-11-18(26-21(19)27)13-3-5-14(24)6-4-13/h1-11H,12,24H2,(H,25,28). The second kappa shape index (κ2) is 7.81. The van der Waals surface area contributed by atoms with Gasteiger partial charge in [-0.3, -0.25) is 4.79 Å². The molecule has 2 aromatic carbocycles. The number of rotatable bonds is 5. The van der Waals surface area contributed by atoms with Gasteiger partial charge in [-0.1, -0.05) is 23.7 Å². The van der Waals surface area contributed by atoms with Gasteiger partial charge in [-0.15, -0.1) is 0 Å². The van der Waals surface area contributed by atoms with Gasteiger partial charge in [-0.2, -0.15) is 0 Å². The lowest BCUT2D eigenvalue weighted by Crippen LogP contribution is -2.20. The van der Waals surface area contributed by atoms with Crippen LogP contribution < -0.4 is 15.8 Å². The molecular formula is C21H16ClFN4O2. The van der Waals surface area contributed by atoms with Crippen LogP contribution in [0.15, 0.2) is 67.0 Å². The fourth-order valence-corrected chi connectivity index (χ4v) is 2.99. The molecular weight excluding hydrogens is 395 g/mol. The van der Waals surface area contributed by atoms with Gasteiger partial charge in [-0.05, 0) is 42.5 Å². The minimum absolute atomic E-state index is 0.0685. The van der Waals surface area contributed by atoms with E-state index in [-0.39, 0.29) is 11.6 Å². The molecule has 0 spiro atoms. The quantitative estimate of drug-likeness (QED) is 0.478. The molecule has 3 N–H and O–H groups in total. The highest BCUT2D eigenvalue weighted by Gasteiger charge is 2.11.